The van der Waals surface area contributed by atoms with Gasteiger partial charge in [-0.15, -0.1) is 0 Å². The molecule has 0 radical (unpaired) electrons. The predicted octanol–water partition coefficient (Wildman–Crippen LogP) is 3.22. The van der Waals surface area contributed by atoms with Gasteiger partial charge in [0.15, 0.2) is 0 Å². The summed E-state index contributed by atoms with van der Waals surface area (Å²) in [7, 11) is 0. The van der Waals surface area contributed by atoms with Gasteiger partial charge in [-0.05, 0) is 67.8 Å². The Morgan fingerprint density at radius 1 is 1.07 bits per heavy atom. The number of urea groups is 1. The van der Waals surface area contributed by atoms with Gasteiger partial charge in [0.2, 0.25) is 0 Å². The van der Waals surface area contributed by atoms with E-state index in [1.807, 2.05) is 6.92 Å². The van der Waals surface area contributed by atoms with E-state index in [0.717, 1.165) is 25.2 Å². The first-order valence-electron chi connectivity index (χ1n) is 9.48. The zero-order valence-corrected chi connectivity index (χ0v) is 15.9. The average molecular weight is 384 g/mol. The van der Waals surface area contributed by atoms with Gasteiger partial charge in [0.05, 0.1) is 0 Å². The third-order valence-electron chi connectivity index (χ3n) is 4.77. The summed E-state index contributed by atoms with van der Waals surface area (Å²) in [6, 6.07) is 13.0. The maximum Gasteiger partial charge on any atom is 0.319 e. The molecule has 0 bridgehead atoms. The van der Waals surface area contributed by atoms with Crippen LogP contribution in [0.25, 0.3) is 0 Å². The Labute approximate surface area is 164 Å². The van der Waals surface area contributed by atoms with E-state index < -0.39 is 0 Å². The molecule has 3 rings (SSSR count). The van der Waals surface area contributed by atoms with Crippen molar-refractivity contribution in [3.8, 4) is 0 Å². The Balaban J connectivity index is 1.43. The number of benzene rings is 2. The van der Waals surface area contributed by atoms with E-state index in [0.29, 0.717) is 30.3 Å². The zero-order valence-electron chi connectivity index (χ0n) is 15.9. The number of nitrogens with one attached hydrogen (secondary N) is 3. The van der Waals surface area contributed by atoms with E-state index in [1.165, 1.54) is 12.1 Å². The van der Waals surface area contributed by atoms with E-state index in [-0.39, 0.29) is 17.8 Å². The quantitative estimate of drug-likeness (QED) is 0.716. The highest BCUT2D eigenvalue weighted by atomic mass is 19.1. The van der Waals surface area contributed by atoms with Crippen molar-refractivity contribution in [2.45, 2.75) is 13.3 Å². The predicted molar refractivity (Wildman–Crippen MR) is 108 cm³/mol. The number of rotatable bonds is 6. The summed E-state index contributed by atoms with van der Waals surface area (Å²) in [5.41, 5.74) is 2.19. The normalized spacial score (nSPS) is 15.9. The highest BCUT2D eigenvalue weighted by molar-refractivity contribution is 5.95. The Morgan fingerprint density at radius 2 is 1.79 bits per heavy atom. The fourth-order valence-corrected chi connectivity index (χ4v) is 3.27. The molecule has 2 aromatic rings. The third-order valence-corrected chi connectivity index (χ3v) is 4.77. The summed E-state index contributed by atoms with van der Waals surface area (Å²) < 4.78 is 13.0. The number of carbonyl (C=O) groups excluding carboxylic acids is 2. The van der Waals surface area contributed by atoms with Gasteiger partial charge in [0.1, 0.15) is 5.82 Å². The molecule has 1 heterocycles. The monoisotopic (exact) mass is 384 g/mol. The summed E-state index contributed by atoms with van der Waals surface area (Å²) >= 11 is 0. The molecule has 1 aliphatic heterocycles. The van der Waals surface area contributed by atoms with Gasteiger partial charge in [-0.2, -0.15) is 0 Å². The lowest BCUT2D eigenvalue weighted by molar-refractivity contribution is 0.0956. The molecule has 3 N–H and O–H groups in total. The van der Waals surface area contributed by atoms with Gasteiger partial charge in [-0.3, -0.25) is 4.79 Å². The molecule has 1 fully saturated rings. The highest BCUT2D eigenvalue weighted by Gasteiger charge is 2.23. The Hall–Kier alpha value is -3.09. The first-order chi connectivity index (χ1) is 13.5. The molecular weight excluding hydrogens is 359 g/mol. The molecule has 0 aromatic heterocycles. The van der Waals surface area contributed by atoms with Gasteiger partial charge < -0.3 is 20.9 Å². The minimum Gasteiger partial charge on any atom is -0.371 e. The molecule has 1 unspecified atom stereocenters. The Bertz CT molecular complexity index is 808. The number of carbonyl (C=O) groups is 2. The fourth-order valence-electron chi connectivity index (χ4n) is 3.27. The van der Waals surface area contributed by atoms with E-state index in [1.54, 1.807) is 36.4 Å². The number of amides is 3. The van der Waals surface area contributed by atoms with Gasteiger partial charge in [-0.1, -0.05) is 0 Å². The molecule has 28 heavy (non-hydrogen) atoms. The maximum atomic E-state index is 13.0. The lowest BCUT2D eigenvalue weighted by Crippen LogP contribution is -2.34. The van der Waals surface area contributed by atoms with Crippen molar-refractivity contribution in [2.75, 3.05) is 36.4 Å². The van der Waals surface area contributed by atoms with Crippen molar-refractivity contribution in [1.82, 2.24) is 10.6 Å². The minimum absolute atomic E-state index is 0.134. The van der Waals surface area contributed by atoms with Crippen molar-refractivity contribution in [1.29, 1.82) is 0 Å². The second-order valence-corrected chi connectivity index (χ2v) is 6.85. The molecule has 1 aliphatic rings. The van der Waals surface area contributed by atoms with Gasteiger partial charge in [-0.25, -0.2) is 9.18 Å². The first-order valence-corrected chi connectivity index (χ1v) is 9.48. The summed E-state index contributed by atoms with van der Waals surface area (Å²) in [5.74, 6) is -0.0294. The zero-order chi connectivity index (χ0) is 19.9. The lowest BCUT2D eigenvalue weighted by atomic mass is 10.1. The molecule has 0 aliphatic carbocycles. The van der Waals surface area contributed by atoms with Crippen molar-refractivity contribution in [2.24, 2.45) is 5.92 Å². The van der Waals surface area contributed by atoms with Crippen LogP contribution in [-0.2, 0) is 0 Å². The standard InChI is InChI=1S/C21H25FN4O2/c1-2-23-20(27)16-3-7-18(8-4-16)25-21(28)24-13-15-11-12-26(14-15)19-9-5-17(22)6-10-19/h3-10,15H,2,11-14H2,1H3,(H,23,27)(H2,24,25,28). The molecule has 0 spiro atoms. The van der Waals surface area contributed by atoms with Crippen LogP contribution in [0.4, 0.5) is 20.6 Å². The molecule has 1 saturated heterocycles. The van der Waals surface area contributed by atoms with E-state index in [2.05, 4.69) is 20.9 Å². The fraction of sp³-hybridized carbons (Fsp3) is 0.333. The average Bonchev–Trinajstić information content (AvgIpc) is 3.17. The third kappa shape index (κ3) is 5.22. The molecule has 2 aromatic carbocycles. The summed E-state index contributed by atoms with van der Waals surface area (Å²) in [6.07, 6.45) is 0.971. The molecule has 148 valence electrons. The van der Waals surface area contributed by atoms with Crippen LogP contribution in [0.2, 0.25) is 0 Å². The Kier molecular flexibility index (Phi) is 6.47. The smallest absolute Gasteiger partial charge is 0.319 e. The minimum atomic E-state index is -0.272. The topological polar surface area (TPSA) is 73.5 Å². The molecule has 0 saturated carbocycles. The van der Waals surface area contributed by atoms with Crippen LogP contribution in [0.5, 0.6) is 0 Å². The molecule has 3 amide bonds. The van der Waals surface area contributed by atoms with Gasteiger partial charge >= 0.3 is 6.03 Å². The van der Waals surface area contributed by atoms with Gasteiger partial charge in [0, 0.05) is 43.1 Å². The van der Waals surface area contributed by atoms with E-state index in [9.17, 15) is 14.0 Å². The number of halogens is 1. The van der Waals surface area contributed by atoms with E-state index in [4.69, 9.17) is 0 Å². The van der Waals surface area contributed by atoms with Crippen LogP contribution in [0.15, 0.2) is 48.5 Å². The lowest BCUT2D eigenvalue weighted by Gasteiger charge is -2.19. The highest BCUT2D eigenvalue weighted by Crippen LogP contribution is 2.23. The first kappa shape index (κ1) is 19.7. The maximum absolute atomic E-state index is 13.0. The summed E-state index contributed by atoms with van der Waals surface area (Å²) in [5, 5.41) is 8.40. The van der Waals surface area contributed by atoms with Crippen LogP contribution >= 0.6 is 0 Å². The second kappa shape index (κ2) is 9.21. The number of hydrogen-bond donors (Lipinski definition) is 3. The van der Waals surface area contributed by atoms with Gasteiger partial charge in [0.25, 0.3) is 5.91 Å². The van der Waals surface area contributed by atoms with Crippen LogP contribution < -0.4 is 20.9 Å². The summed E-state index contributed by atoms with van der Waals surface area (Å²) in [6.45, 7) is 4.72. The molecule has 7 heteroatoms. The number of hydrogen-bond acceptors (Lipinski definition) is 3. The molecular formula is C21H25FN4O2. The van der Waals surface area contributed by atoms with Crippen LogP contribution in [-0.4, -0.2) is 38.1 Å². The molecule has 6 nitrogen and oxygen atoms in total. The van der Waals surface area contributed by atoms with Crippen molar-refractivity contribution >= 4 is 23.3 Å². The largest absolute Gasteiger partial charge is 0.371 e. The number of anilines is 2. The van der Waals surface area contributed by atoms with Crippen molar-refractivity contribution in [3.63, 3.8) is 0 Å². The van der Waals surface area contributed by atoms with Crippen LogP contribution in [0.3, 0.4) is 0 Å². The second-order valence-electron chi connectivity index (χ2n) is 6.85. The Morgan fingerprint density at radius 3 is 2.46 bits per heavy atom. The van der Waals surface area contributed by atoms with E-state index >= 15 is 0 Å². The summed E-state index contributed by atoms with van der Waals surface area (Å²) in [4.78, 5) is 26.1. The molecule has 1 atom stereocenters. The van der Waals surface area contributed by atoms with Crippen LogP contribution in [0, 0.1) is 11.7 Å². The van der Waals surface area contributed by atoms with Crippen LogP contribution in [0.1, 0.15) is 23.7 Å². The van der Waals surface area contributed by atoms with Crippen molar-refractivity contribution < 1.29 is 14.0 Å². The number of nitrogens with zero attached hydrogens (tertiary/aromatic N) is 1. The SMILES string of the molecule is CCNC(=O)c1ccc(NC(=O)NCC2CCN(c3ccc(F)cc3)C2)cc1. The van der Waals surface area contributed by atoms with Crippen molar-refractivity contribution in [3.05, 3.63) is 59.9 Å².